The smallest absolute Gasteiger partial charge is 0.175 e. The highest BCUT2D eigenvalue weighted by molar-refractivity contribution is 7.90. The molecule has 1 heterocycles. The zero-order valence-corrected chi connectivity index (χ0v) is 10.0. The maximum absolute atomic E-state index is 11.4. The van der Waals surface area contributed by atoms with E-state index in [2.05, 4.69) is 11.4 Å². The van der Waals surface area contributed by atoms with Gasteiger partial charge in [-0.2, -0.15) is 0 Å². The third-order valence-corrected chi connectivity index (χ3v) is 3.81. The van der Waals surface area contributed by atoms with Crippen LogP contribution in [-0.2, 0) is 9.84 Å². The SMILES string of the molecule is CS(=O)(=O)c1cccc(C2=CCNCC2)c1. The van der Waals surface area contributed by atoms with Crippen LogP contribution in [0.4, 0.5) is 0 Å². The zero-order valence-electron chi connectivity index (χ0n) is 9.23. The Bertz CT molecular complexity index is 518. The minimum atomic E-state index is -3.11. The first-order valence-corrected chi connectivity index (χ1v) is 7.17. The minimum absolute atomic E-state index is 0.393. The van der Waals surface area contributed by atoms with Gasteiger partial charge < -0.3 is 5.32 Å². The van der Waals surface area contributed by atoms with E-state index in [9.17, 15) is 8.42 Å². The molecule has 0 saturated heterocycles. The minimum Gasteiger partial charge on any atom is -0.313 e. The first-order valence-electron chi connectivity index (χ1n) is 5.27. The first kappa shape index (κ1) is 11.4. The summed E-state index contributed by atoms with van der Waals surface area (Å²) in [4.78, 5) is 0.393. The fourth-order valence-corrected chi connectivity index (χ4v) is 2.48. The van der Waals surface area contributed by atoms with E-state index in [4.69, 9.17) is 0 Å². The average Bonchev–Trinajstić information content (AvgIpc) is 2.29. The first-order chi connectivity index (χ1) is 7.57. The van der Waals surface area contributed by atoms with Gasteiger partial charge in [-0.3, -0.25) is 0 Å². The van der Waals surface area contributed by atoms with Crippen LogP contribution in [0.3, 0.4) is 0 Å². The molecule has 1 aliphatic heterocycles. The van der Waals surface area contributed by atoms with Gasteiger partial charge in [0.2, 0.25) is 0 Å². The van der Waals surface area contributed by atoms with E-state index in [1.54, 1.807) is 18.2 Å². The van der Waals surface area contributed by atoms with Gasteiger partial charge in [-0.25, -0.2) is 8.42 Å². The highest BCUT2D eigenvalue weighted by Crippen LogP contribution is 2.22. The van der Waals surface area contributed by atoms with Gasteiger partial charge in [0.05, 0.1) is 4.90 Å². The van der Waals surface area contributed by atoms with Crippen LogP contribution >= 0.6 is 0 Å². The summed E-state index contributed by atoms with van der Waals surface area (Å²) in [6.07, 6.45) is 4.31. The van der Waals surface area contributed by atoms with E-state index in [1.807, 2.05) is 6.07 Å². The molecule has 2 rings (SSSR count). The van der Waals surface area contributed by atoms with E-state index in [0.29, 0.717) is 4.90 Å². The van der Waals surface area contributed by atoms with Gasteiger partial charge in [0, 0.05) is 12.8 Å². The van der Waals surface area contributed by atoms with E-state index >= 15 is 0 Å². The molecule has 16 heavy (non-hydrogen) atoms. The number of benzene rings is 1. The summed E-state index contributed by atoms with van der Waals surface area (Å²) in [6, 6.07) is 7.16. The Morgan fingerprint density at radius 2 is 2.12 bits per heavy atom. The molecule has 1 aromatic carbocycles. The molecular formula is C12H15NO2S. The van der Waals surface area contributed by atoms with Gasteiger partial charge in [-0.15, -0.1) is 0 Å². The van der Waals surface area contributed by atoms with Crippen LogP contribution in [0, 0.1) is 0 Å². The Hall–Kier alpha value is -1.13. The maximum atomic E-state index is 11.4. The summed E-state index contributed by atoms with van der Waals surface area (Å²) in [7, 11) is -3.11. The lowest BCUT2D eigenvalue weighted by molar-refractivity contribution is 0.602. The summed E-state index contributed by atoms with van der Waals surface area (Å²) in [5.41, 5.74) is 2.24. The fraction of sp³-hybridized carbons (Fsp3) is 0.333. The normalized spacial score (nSPS) is 16.9. The number of sulfone groups is 1. The summed E-state index contributed by atoms with van der Waals surface area (Å²) >= 11 is 0. The van der Waals surface area contributed by atoms with Crippen LogP contribution in [0.25, 0.3) is 5.57 Å². The third-order valence-electron chi connectivity index (χ3n) is 2.70. The van der Waals surface area contributed by atoms with Crippen molar-refractivity contribution in [1.82, 2.24) is 5.32 Å². The molecule has 3 nitrogen and oxygen atoms in total. The Morgan fingerprint density at radius 1 is 1.31 bits per heavy atom. The van der Waals surface area contributed by atoms with Crippen LogP contribution in [0.15, 0.2) is 35.2 Å². The van der Waals surface area contributed by atoms with E-state index < -0.39 is 9.84 Å². The molecule has 4 heteroatoms. The molecule has 0 amide bonds. The lowest BCUT2D eigenvalue weighted by Crippen LogP contribution is -2.20. The third kappa shape index (κ3) is 2.51. The van der Waals surface area contributed by atoms with Gasteiger partial charge in [0.1, 0.15) is 0 Å². The van der Waals surface area contributed by atoms with Crippen molar-refractivity contribution < 1.29 is 8.42 Å². The lowest BCUT2D eigenvalue weighted by Gasteiger charge is -2.14. The Kier molecular flexibility index (Phi) is 3.12. The fourth-order valence-electron chi connectivity index (χ4n) is 1.81. The van der Waals surface area contributed by atoms with Crippen molar-refractivity contribution >= 4 is 15.4 Å². The van der Waals surface area contributed by atoms with Crippen LogP contribution in [0.1, 0.15) is 12.0 Å². The monoisotopic (exact) mass is 237 g/mol. The standard InChI is InChI=1S/C12H15NO2S/c1-16(14,15)12-4-2-3-11(9-12)10-5-7-13-8-6-10/h2-5,9,13H,6-8H2,1H3. The zero-order chi connectivity index (χ0) is 11.6. The molecule has 0 unspecified atom stereocenters. The molecule has 1 N–H and O–H groups in total. The second-order valence-corrected chi connectivity index (χ2v) is 6.00. The van der Waals surface area contributed by atoms with Crippen molar-refractivity contribution in [3.05, 3.63) is 35.9 Å². The Labute approximate surface area is 96.1 Å². The van der Waals surface area contributed by atoms with Crippen LogP contribution in [0.5, 0.6) is 0 Å². The topological polar surface area (TPSA) is 46.2 Å². The molecule has 0 saturated carbocycles. The summed E-state index contributed by atoms with van der Waals surface area (Å²) in [5, 5.41) is 3.23. The Morgan fingerprint density at radius 3 is 2.75 bits per heavy atom. The molecule has 0 aliphatic carbocycles. The van der Waals surface area contributed by atoms with Gasteiger partial charge in [0.15, 0.2) is 9.84 Å². The quantitative estimate of drug-likeness (QED) is 0.847. The molecule has 0 atom stereocenters. The second kappa shape index (κ2) is 4.39. The number of rotatable bonds is 2. The van der Waals surface area contributed by atoms with E-state index in [-0.39, 0.29) is 0 Å². The number of hydrogen-bond donors (Lipinski definition) is 1. The van der Waals surface area contributed by atoms with Gasteiger partial charge >= 0.3 is 0 Å². The van der Waals surface area contributed by atoms with Crippen molar-refractivity contribution in [2.75, 3.05) is 19.3 Å². The highest BCUT2D eigenvalue weighted by atomic mass is 32.2. The molecule has 0 fully saturated rings. The number of nitrogens with one attached hydrogen (secondary N) is 1. The van der Waals surface area contributed by atoms with Crippen molar-refractivity contribution in [1.29, 1.82) is 0 Å². The highest BCUT2D eigenvalue weighted by Gasteiger charge is 2.10. The Balaban J connectivity index is 2.39. The molecule has 1 aromatic rings. The maximum Gasteiger partial charge on any atom is 0.175 e. The molecule has 86 valence electrons. The lowest BCUT2D eigenvalue weighted by atomic mass is 10.0. The van der Waals surface area contributed by atoms with Crippen LogP contribution in [0.2, 0.25) is 0 Å². The van der Waals surface area contributed by atoms with Crippen molar-refractivity contribution in [2.24, 2.45) is 0 Å². The summed E-state index contributed by atoms with van der Waals surface area (Å²) < 4.78 is 22.9. The van der Waals surface area contributed by atoms with Crippen molar-refractivity contribution in [2.45, 2.75) is 11.3 Å². The predicted molar refractivity (Wildman–Crippen MR) is 65.0 cm³/mol. The molecule has 0 radical (unpaired) electrons. The summed E-state index contributed by atoms with van der Waals surface area (Å²) in [5.74, 6) is 0. The van der Waals surface area contributed by atoms with Crippen LogP contribution < -0.4 is 5.32 Å². The molecule has 0 spiro atoms. The number of hydrogen-bond acceptors (Lipinski definition) is 3. The molecule has 0 aromatic heterocycles. The predicted octanol–water partition coefficient (Wildman–Crippen LogP) is 1.47. The second-order valence-electron chi connectivity index (χ2n) is 3.98. The van der Waals surface area contributed by atoms with Gasteiger partial charge in [-0.05, 0) is 36.2 Å². The molecular weight excluding hydrogens is 222 g/mol. The van der Waals surface area contributed by atoms with Gasteiger partial charge in [-0.1, -0.05) is 18.2 Å². The molecule has 1 aliphatic rings. The van der Waals surface area contributed by atoms with E-state index in [0.717, 1.165) is 25.1 Å². The van der Waals surface area contributed by atoms with Crippen LogP contribution in [-0.4, -0.2) is 27.8 Å². The largest absolute Gasteiger partial charge is 0.313 e. The van der Waals surface area contributed by atoms with E-state index in [1.165, 1.54) is 11.8 Å². The van der Waals surface area contributed by atoms with Crippen molar-refractivity contribution in [3.8, 4) is 0 Å². The average molecular weight is 237 g/mol. The van der Waals surface area contributed by atoms with Gasteiger partial charge in [0.25, 0.3) is 0 Å². The summed E-state index contributed by atoms with van der Waals surface area (Å²) in [6.45, 7) is 1.81. The molecule has 0 bridgehead atoms. The van der Waals surface area contributed by atoms with Crippen molar-refractivity contribution in [3.63, 3.8) is 0 Å².